The molecule has 4 heteroatoms. The third-order valence-corrected chi connectivity index (χ3v) is 4.89. The van der Waals surface area contributed by atoms with Gasteiger partial charge in [0.05, 0.1) is 11.7 Å². The zero-order valence-corrected chi connectivity index (χ0v) is 14.6. The number of hydrogen-bond donors (Lipinski definition) is 1. The van der Waals surface area contributed by atoms with E-state index >= 15 is 0 Å². The van der Waals surface area contributed by atoms with E-state index in [1.165, 1.54) is 5.56 Å². The van der Waals surface area contributed by atoms with Gasteiger partial charge in [-0.15, -0.1) is 0 Å². The summed E-state index contributed by atoms with van der Waals surface area (Å²) >= 11 is 3.57. The summed E-state index contributed by atoms with van der Waals surface area (Å²) in [6.45, 7) is 6.48. The van der Waals surface area contributed by atoms with Gasteiger partial charge in [-0.1, -0.05) is 41.9 Å². The molecule has 0 saturated carbocycles. The monoisotopic (exact) mass is 349 g/mol. The molecule has 1 atom stereocenters. The van der Waals surface area contributed by atoms with E-state index in [1.807, 2.05) is 0 Å². The van der Waals surface area contributed by atoms with Crippen LogP contribution in [0.3, 0.4) is 0 Å². The summed E-state index contributed by atoms with van der Waals surface area (Å²) in [6, 6.07) is 8.86. The van der Waals surface area contributed by atoms with Gasteiger partial charge in [-0.3, -0.25) is 4.68 Å². The minimum atomic E-state index is -0.0213. The molecule has 0 radical (unpaired) electrons. The number of aryl methyl sites for hydroxylation is 1. The number of halogens is 1. The van der Waals surface area contributed by atoms with E-state index < -0.39 is 0 Å². The van der Waals surface area contributed by atoms with Crippen LogP contribution >= 0.6 is 15.9 Å². The molecule has 3 nitrogen and oxygen atoms in total. The van der Waals surface area contributed by atoms with Gasteiger partial charge >= 0.3 is 0 Å². The zero-order chi connectivity index (χ0) is 15.4. The Morgan fingerprint density at radius 3 is 2.57 bits per heavy atom. The quantitative estimate of drug-likeness (QED) is 0.830. The lowest BCUT2D eigenvalue weighted by atomic mass is 10.0. The minimum Gasteiger partial charge on any atom is -0.324 e. The SMILES string of the molecule is CCC(CC)n1ccc(CC(N)c2ccc(C)c(Br)c2)n1. The highest BCUT2D eigenvalue weighted by molar-refractivity contribution is 9.10. The lowest BCUT2D eigenvalue weighted by Crippen LogP contribution is -2.14. The third kappa shape index (κ3) is 3.95. The molecule has 0 aliphatic heterocycles. The predicted octanol–water partition coefficient (Wildman–Crippen LogP) is 4.56. The molecular formula is C17H24BrN3. The van der Waals surface area contributed by atoms with Crippen LogP contribution in [0.15, 0.2) is 34.9 Å². The van der Waals surface area contributed by atoms with Gasteiger partial charge in [0.2, 0.25) is 0 Å². The van der Waals surface area contributed by atoms with Crippen molar-refractivity contribution in [1.29, 1.82) is 0 Å². The molecule has 0 aliphatic carbocycles. The summed E-state index contributed by atoms with van der Waals surface area (Å²) in [5.74, 6) is 0. The highest BCUT2D eigenvalue weighted by Crippen LogP contribution is 2.23. The van der Waals surface area contributed by atoms with Crippen LogP contribution < -0.4 is 5.73 Å². The van der Waals surface area contributed by atoms with Gasteiger partial charge < -0.3 is 5.73 Å². The van der Waals surface area contributed by atoms with Crippen molar-refractivity contribution in [1.82, 2.24) is 9.78 Å². The molecule has 1 heterocycles. The molecule has 0 amide bonds. The molecule has 0 bridgehead atoms. The van der Waals surface area contributed by atoms with E-state index in [2.05, 4.69) is 76.9 Å². The lowest BCUT2D eigenvalue weighted by Gasteiger charge is -2.14. The minimum absolute atomic E-state index is 0.0213. The van der Waals surface area contributed by atoms with Crippen LogP contribution in [-0.2, 0) is 6.42 Å². The van der Waals surface area contributed by atoms with E-state index in [4.69, 9.17) is 5.73 Å². The van der Waals surface area contributed by atoms with Gasteiger partial charge in [0.1, 0.15) is 0 Å². The van der Waals surface area contributed by atoms with Crippen LogP contribution in [0.1, 0.15) is 55.6 Å². The fraction of sp³-hybridized carbons (Fsp3) is 0.471. The first-order valence-corrected chi connectivity index (χ1v) is 8.40. The van der Waals surface area contributed by atoms with Gasteiger partial charge in [0, 0.05) is 23.1 Å². The maximum Gasteiger partial charge on any atom is 0.0643 e. The zero-order valence-electron chi connectivity index (χ0n) is 13.0. The summed E-state index contributed by atoms with van der Waals surface area (Å²) in [5.41, 5.74) is 9.76. The number of benzene rings is 1. The molecule has 0 saturated heterocycles. The Balaban J connectivity index is 2.08. The van der Waals surface area contributed by atoms with Gasteiger partial charge in [-0.25, -0.2) is 0 Å². The van der Waals surface area contributed by atoms with Crippen LogP contribution in [0.25, 0.3) is 0 Å². The summed E-state index contributed by atoms with van der Waals surface area (Å²) < 4.78 is 3.19. The predicted molar refractivity (Wildman–Crippen MR) is 91.4 cm³/mol. The summed E-state index contributed by atoms with van der Waals surface area (Å²) in [7, 11) is 0. The second-order valence-electron chi connectivity index (χ2n) is 5.58. The summed E-state index contributed by atoms with van der Waals surface area (Å²) in [5, 5.41) is 4.68. The Bertz CT molecular complexity index is 587. The molecule has 114 valence electrons. The molecule has 1 unspecified atom stereocenters. The van der Waals surface area contributed by atoms with Crippen molar-refractivity contribution in [2.75, 3.05) is 0 Å². The normalized spacial score (nSPS) is 12.9. The second-order valence-corrected chi connectivity index (χ2v) is 6.43. The van der Waals surface area contributed by atoms with Crippen LogP contribution in [0.2, 0.25) is 0 Å². The van der Waals surface area contributed by atoms with Crippen LogP contribution in [0, 0.1) is 6.92 Å². The number of rotatable bonds is 6. The molecule has 1 aromatic heterocycles. The summed E-state index contributed by atoms with van der Waals surface area (Å²) in [6.07, 6.45) is 5.05. The molecule has 1 aromatic carbocycles. The molecule has 2 aromatic rings. The Kier molecular flexibility index (Phi) is 5.59. The Hall–Kier alpha value is -1.13. The smallest absolute Gasteiger partial charge is 0.0643 e. The summed E-state index contributed by atoms with van der Waals surface area (Å²) in [4.78, 5) is 0. The first-order chi connectivity index (χ1) is 10.0. The van der Waals surface area contributed by atoms with Gasteiger partial charge in [-0.2, -0.15) is 5.10 Å². The van der Waals surface area contributed by atoms with Crippen molar-refractivity contribution in [3.8, 4) is 0 Å². The van der Waals surface area contributed by atoms with Crippen molar-refractivity contribution >= 4 is 15.9 Å². The van der Waals surface area contributed by atoms with E-state index in [0.717, 1.165) is 35.0 Å². The lowest BCUT2D eigenvalue weighted by molar-refractivity contribution is 0.424. The highest BCUT2D eigenvalue weighted by Gasteiger charge is 2.12. The van der Waals surface area contributed by atoms with E-state index in [1.54, 1.807) is 0 Å². The van der Waals surface area contributed by atoms with Gasteiger partial charge in [0.15, 0.2) is 0 Å². The topological polar surface area (TPSA) is 43.8 Å². The molecule has 0 spiro atoms. The fourth-order valence-corrected chi connectivity index (χ4v) is 2.93. The molecule has 0 aliphatic rings. The third-order valence-electron chi connectivity index (χ3n) is 4.03. The first kappa shape index (κ1) is 16.2. The largest absolute Gasteiger partial charge is 0.324 e. The van der Waals surface area contributed by atoms with E-state index in [-0.39, 0.29) is 6.04 Å². The number of nitrogens with two attached hydrogens (primary N) is 1. The van der Waals surface area contributed by atoms with Crippen LogP contribution in [-0.4, -0.2) is 9.78 Å². The molecule has 2 rings (SSSR count). The molecular weight excluding hydrogens is 326 g/mol. The van der Waals surface area contributed by atoms with Crippen molar-refractivity contribution in [3.05, 3.63) is 51.8 Å². The van der Waals surface area contributed by atoms with Crippen LogP contribution in [0.4, 0.5) is 0 Å². The first-order valence-electron chi connectivity index (χ1n) is 7.60. The maximum absolute atomic E-state index is 6.33. The molecule has 2 N–H and O–H groups in total. The van der Waals surface area contributed by atoms with Crippen LogP contribution in [0.5, 0.6) is 0 Å². The highest BCUT2D eigenvalue weighted by atomic mass is 79.9. The number of hydrogen-bond acceptors (Lipinski definition) is 2. The second kappa shape index (κ2) is 7.23. The maximum atomic E-state index is 6.33. The molecule has 21 heavy (non-hydrogen) atoms. The fourth-order valence-electron chi connectivity index (χ4n) is 2.54. The Morgan fingerprint density at radius 2 is 1.95 bits per heavy atom. The number of aromatic nitrogens is 2. The average molecular weight is 350 g/mol. The van der Waals surface area contributed by atoms with E-state index in [0.29, 0.717) is 6.04 Å². The average Bonchev–Trinajstić information content (AvgIpc) is 2.91. The van der Waals surface area contributed by atoms with Crippen molar-refractivity contribution < 1.29 is 0 Å². The molecule has 0 fully saturated rings. The number of nitrogens with zero attached hydrogens (tertiary/aromatic N) is 2. The Labute approximate surface area is 135 Å². The standard InChI is InChI=1S/C17H24BrN3/c1-4-15(5-2)21-9-8-14(20-21)11-17(19)13-7-6-12(3)16(18)10-13/h6-10,15,17H,4-5,11,19H2,1-3H3. The Morgan fingerprint density at radius 1 is 1.24 bits per heavy atom. The van der Waals surface area contributed by atoms with Gasteiger partial charge in [0.25, 0.3) is 0 Å². The van der Waals surface area contributed by atoms with E-state index in [9.17, 15) is 0 Å². The van der Waals surface area contributed by atoms with Crippen molar-refractivity contribution in [2.24, 2.45) is 5.73 Å². The van der Waals surface area contributed by atoms with Crippen molar-refractivity contribution in [2.45, 2.75) is 52.1 Å². The van der Waals surface area contributed by atoms with Crippen molar-refractivity contribution in [3.63, 3.8) is 0 Å². The van der Waals surface area contributed by atoms with Gasteiger partial charge in [-0.05, 0) is 43.0 Å².